The van der Waals surface area contributed by atoms with Gasteiger partial charge in [0.25, 0.3) is 0 Å². The lowest BCUT2D eigenvalue weighted by atomic mass is 9.93. The van der Waals surface area contributed by atoms with Gasteiger partial charge in [-0.2, -0.15) is 0 Å². The van der Waals surface area contributed by atoms with E-state index in [1.54, 1.807) is 0 Å². The second kappa shape index (κ2) is 4.73. The van der Waals surface area contributed by atoms with Crippen LogP contribution in [-0.4, -0.2) is 13.1 Å². The van der Waals surface area contributed by atoms with Gasteiger partial charge >= 0.3 is 0 Å². The van der Waals surface area contributed by atoms with Gasteiger partial charge in [0.15, 0.2) is 0 Å². The van der Waals surface area contributed by atoms with E-state index in [9.17, 15) is 0 Å². The Morgan fingerprint density at radius 1 is 1.10 bits per heavy atom. The fourth-order valence-electron chi connectivity index (χ4n) is 1.23. The third-order valence-electron chi connectivity index (χ3n) is 2.15. The number of hydrogen-bond acceptors (Lipinski definition) is 1. The summed E-state index contributed by atoms with van der Waals surface area (Å²) in [4.78, 5) is 0. The summed E-state index contributed by atoms with van der Waals surface area (Å²) in [6, 6.07) is 0.655. The molecule has 0 rings (SSSR count). The highest BCUT2D eigenvalue weighted by Crippen LogP contribution is 2.13. The molecule has 0 aromatic rings. The van der Waals surface area contributed by atoms with E-state index >= 15 is 0 Å². The molecule has 1 N–H and O–H groups in total. The molecule has 0 aliphatic heterocycles. The second-order valence-corrected chi connectivity index (χ2v) is 3.68. The summed E-state index contributed by atoms with van der Waals surface area (Å²) in [5, 5.41) is 3.27. The normalized spacial score (nSPS) is 17.4. The van der Waals surface area contributed by atoms with Gasteiger partial charge in [-0.1, -0.05) is 20.8 Å². The van der Waals surface area contributed by atoms with E-state index in [-0.39, 0.29) is 0 Å². The summed E-state index contributed by atoms with van der Waals surface area (Å²) in [5.41, 5.74) is 0. The van der Waals surface area contributed by atoms with Crippen LogP contribution in [0.3, 0.4) is 0 Å². The smallest absolute Gasteiger partial charge is 0.00614 e. The lowest BCUT2D eigenvalue weighted by molar-refractivity contribution is 0.354. The molecular weight excluding hydrogens is 122 g/mol. The topological polar surface area (TPSA) is 12.0 Å². The second-order valence-electron chi connectivity index (χ2n) is 3.68. The average Bonchev–Trinajstić information content (AvgIpc) is 1.85. The highest BCUT2D eigenvalue weighted by atomic mass is 14.9. The van der Waals surface area contributed by atoms with Crippen molar-refractivity contribution in [3.8, 4) is 0 Å². The summed E-state index contributed by atoms with van der Waals surface area (Å²) in [6.45, 7) is 9.10. The third kappa shape index (κ3) is 3.89. The molecule has 0 saturated heterocycles. The minimum absolute atomic E-state index is 0.655. The maximum absolute atomic E-state index is 3.27. The molecule has 0 saturated carbocycles. The Kier molecular flexibility index (Phi) is 4.71. The van der Waals surface area contributed by atoms with Crippen molar-refractivity contribution in [2.45, 2.75) is 40.2 Å². The molecule has 0 amide bonds. The molecule has 62 valence electrons. The van der Waals surface area contributed by atoms with Crippen LogP contribution >= 0.6 is 0 Å². The van der Waals surface area contributed by atoms with E-state index in [0.717, 1.165) is 11.8 Å². The van der Waals surface area contributed by atoms with Gasteiger partial charge in [0.2, 0.25) is 0 Å². The van der Waals surface area contributed by atoms with Crippen molar-refractivity contribution in [3.05, 3.63) is 0 Å². The lowest BCUT2D eigenvalue weighted by Crippen LogP contribution is -2.29. The minimum atomic E-state index is 0.655. The molecule has 0 aromatic carbocycles. The van der Waals surface area contributed by atoms with Gasteiger partial charge in [-0.15, -0.1) is 0 Å². The van der Waals surface area contributed by atoms with Crippen LogP contribution in [0.5, 0.6) is 0 Å². The molecule has 1 heteroatoms. The first kappa shape index (κ1) is 9.96. The maximum Gasteiger partial charge on any atom is 0.00614 e. The summed E-state index contributed by atoms with van der Waals surface area (Å²) in [5.74, 6) is 1.62. The van der Waals surface area contributed by atoms with E-state index in [2.05, 4.69) is 33.0 Å². The van der Waals surface area contributed by atoms with Gasteiger partial charge in [0.1, 0.15) is 0 Å². The Morgan fingerprint density at radius 2 is 1.60 bits per heavy atom. The monoisotopic (exact) mass is 143 g/mol. The van der Waals surface area contributed by atoms with E-state index < -0.39 is 0 Å². The zero-order chi connectivity index (χ0) is 8.15. The molecule has 0 aliphatic carbocycles. The summed E-state index contributed by atoms with van der Waals surface area (Å²) in [7, 11) is 2.03. The van der Waals surface area contributed by atoms with Crippen molar-refractivity contribution >= 4 is 0 Å². The molecule has 0 fully saturated rings. The van der Waals surface area contributed by atoms with Crippen molar-refractivity contribution < 1.29 is 0 Å². The Hall–Kier alpha value is -0.0400. The van der Waals surface area contributed by atoms with Crippen LogP contribution in [0.4, 0.5) is 0 Å². The SMILES string of the molecule is CN[C@@H](C)C(C)CC(C)C. The molecule has 0 aliphatic rings. The highest BCUT2D eigenvalue weighted by molar-refractivity contribution is 4.67. The highest BCUT2D eigenvalue weighted by Gasteiger charge is 2.10. The molecule has 0 heterocycles. The van der Waals surface area contributed by atoms with Crippen LogP contribution < -0.4 is 5.32 Å². The van der Waals surface area contributed by atoms with Gasteiger partial charge in [-0.05, 0) is 32.2 Å². The lowest BCUT2D eigenvalue weighted by Gasteiger charge is -2.20. The molecule has 0 radical (unpaired) electrons. The Bertz CT molecular complexity index is 78.8. The molecule has 10 heavy (non-hydrogen) atoms. The predicted molar refractivity (Wildman–Crippen MR) is 47.1 cm³/mol. The van der Waals surface area contributed by atoms with Crippen molar-refractivity contribution in [3.63, 3.8) is 0 Å². The minimum Gasteiger partial charge on any atom is -0.317 e. The summed E-state index contributed by atoms with van der Waals surface area (Å²) >= 11 is 0. The molecule has 1 nitrogen and oxygen atoms in total. The van der Waals surface area contributed by atoms with Gasteiger partial charge in [0.05, 0.1) is 0 Å². The molecule has 0 spiro atoms. The van der Waals surface area contributed by atoms with E-state index in [1.165, 1.54) is 6.42 Å². The summed E-state index contributed by atoms with van der Waals surface area (Å²) < 4.78 is 0. The van der Waals surface area contributed by atoms with E-state index in [4.69, 9.17) is 0 Å². The first-order valence-corrected chi connectivity index (χ1v) is 4.25. The summed E-state index contributed by atoms with van der Waals surface area (Å²) in [6.07, 6.45) is 1.32. The van der Waals surface area contributed by atoms with Crippen LogP contribution in [-0.2, 0) is 0 Å². The molecule has 0 aromatic heterocycles. The zero-order valence-electron chi connectivity index (χ0n) is 7.94. The number of nitrogens with one attached hydrogen (secondary N) is 1. The molecule has 1 unspecified atom stereocenters. The van der Waals surface area contributed by atoms with Crippen LogP contribution in [0.2, 0.25) is 0 Å². The van der Waals surface area contributed by atoms with Crippen LogP contribution in [0.1, 0.15) is 34.1 Å². The Morgan fingerprint density at radius 3 is 1.90 bits per heavy atom. The molecule has 2 atom stereocenters. The van der Waals surface area contributed by atoms with Crippen molar-refractivity contribution in [2.24, 2.45) is 11.8 Å². The average molecular weight is 143 g/mol. The fourth-order valence-corrected chi connectivity index (χ4v) is 1.23. The Balaban J connectivity index is 3.50. The first-order valence-electron chi connectivity index (χ1n) is 4.25. The van der Waals surface area contributed by atoms with Crippen LogP contribution in [0, 0.1) is 11.8 Å². The molecule has 0 bridgehead atoms. The quantitative estimate of drug-likeness (QED) is 0.636. The third-order valence-corrected chi connectivity index (χ3v) is 2.15. The Labute approximate surface area is 65.2 Å². The van der Waals surface area contributed by atoms with E-state index in [0.29, 0.717) is 6.04 Å². The van der Waals surface area contributed by atoms with Crippen LogP contribution in [0.25, 0.3) is 0 Å². The predicted octanol–water partition coefficient (Wildman–Crippen LogP) is 2.28. The van der Waals surface area contributed by atoms with Crippen molar-refractivity contribution in [1.29, 1.82) is 0 Å². The van der Waals surface area contributed by atoms with Crippen LogP contribution in [0.15, 0.2) is 0 Å². The van der Waals surface area contributed by atoms with Gasteiger partial charge < -0.3 is 5.32 Å². The van der Waals surface area contributed by atoms with Crippen molar-refractivity contribution in [2.75, 3.05) is 7.05 Å². The van der Waals surface area contributed by atoms with Crippen molar-refractivity contribution in [1.82, 2.24) is 5.32 Å². The van der Waals surface area contributed by atoms with E-state index in [1.807, 2.05) is 7.05 Å². The fraction of sp³-hybridized carbons (Fsp3) is 1.00. The van der Waals surface area contributed by atoms with Gasteiger partial charge in [-0.3, -0.25) is 0 Å². The standard InChI is InChI=1S/C9H21N/c1-7(2)6-8(3)9(4)10-5/h7-10H,6H2,1-5H3/t8?,9-/m0/s1. The maximum atomic E-state index is 3.27. The largest absolute Gasteiger partial charge is 0.317 e. The zero-order valence-corrected chi connectivity index (χ0v) is 7.94. The van der Waals surface area contributed by atoms with Gasteiger partial charge in [0, 0.05) is 6.04 Å². The number of hydrogen-bond donors (Lipinski definition) is 1. The first-order chi connectivity index (χ1) is 4.57. The van der Waals surface area contributed by atoms with Gasteiger partial charge in [-0.25, -0.2) is 0 Å². The molecular formula is C9H21N. The number of rotatable bonds is 4.